The summed E-state index contributed by atoms with van der Waals surface area (Å²) in [6, 6.07) is 84.2. The monoisotopic (exact) mass is 805 g/mol. The Morgan fingerprint density at radius 3 is 1.54 bits per heavy atom. The minimum atomic E-state index is 0.834. The fourth-order valence-electron chi connectivity index (χ4n) is 9.32. The molecule has 296 valence electrons. The highest BCUT2D eigenvalue weighted by atomic mass is 16.3. The molecule has 3 nitrogen and oxygen atoms in total. The maximum absolute atomic E-state index is 6.79. The molecule has 0 atom stereocenters. The van der Waals surface area contributed by atoms with Gasteiger partial charge in [0, 0.05) is 32.8 Å². The average molecular weight is 806 g/mol. The maximum atomic E-state index is 6.79. The third kappa shape index (κ3) is 6.38. The molecule has 0 bridgehead atoms. The van der Waals surface area contributed by atoms with Crippen molar-refractivity contribution in [2.75, 3.05) is 4.90 Å². The molecule has 0 amide bonds. The first-order valence-electron chi connectivity index (χ1n) is 21.4. The van der Waals surface area contributed by atoms with Crippen molar-refractivity contribution in [3.05, 3.63) is 237 Å². The summed E-state index contributed by atoms with van der Waals surface area (Å²) in [5.41, 5.74) is 17.9. The Kier molecular flexibility index (Phi) is 8.83. The lowest BCUT2D eigenvalue weighted by atomic mass is 9.86. The summed E-state index contributed by atoms with van der Waals surface area (Å²) in [5.74, 6) is 0. The van der Waals surface area contributed by atoms with Gasteiger partial charge in [0.15, 0.2) is 5.58 Å². The van der Waals surface area contributed by atoms with E-state index in [1.165, 1.54) is 22.3 Å². The Balaban J connectivity index is 1.08. The fraction of sp³-hybridized carbons (Fsp3) is 0. The molecule has 12 aromatic rings. The minimum Gasteiger partial charge on any atom is -0.456 e. The Bertz CT molecular complexity index is 3620. The molecule has 3 heteroatoms. The molecule has 0 aliphatic heterocycles. The molecule has 0 N–H and O–H groups in total. The number of furan rings is 2. The molecule has 2 aromatic heterocycles. The summed E-state index contributed by atoms with van der Waals surface area (Å²) in [7, 11) is 0. The summed E-state index contributed by atoms with van der Waals surface area (Å²) < 4.78 is 13.1. The van der Waals surface area contributed by atoms with Crippen LogP contribution in [0.15, 0.2) is 245 Å². The molecule has 0 fully saturated rings. The van der Waals surface area contributed by atoms with Crippen molar-refractivity contribution < 1.29 is 8.83 Å². The Morgan fingerprint density at radius 2 is 0.762 bits per heavy atom. The van der Waals surface area contributed by atoms with Crippen LogP contribution in [0.2, 0.25) is 0 Å². The van der Waals surface area contributed by atoms with E-state index in [1.54, 1.807) is 0 Å². The second-order valence-electron chi connectivity index (χ2n) is 16.0. The van der Waals surface area contributed by atoms with Gasteiger partial charge in [0.1, 0.15) is 16.7 Å². The van der Waals surface area contributed by atoms with E-state index < -0.39 is 0 Å². The van der Waals surface area contributed by atoms with Gasteiger partial charge in [0.25, 0.3) is 0 Å². The number of fused-ring (bicyclic) bond motifs is 6. The van der Waals surface area contributed by atoms with E-state index in [4.69, 9.17) is 8.83 Å². The number of hydrogen-bond acceptors (Lipinski definition) is 3. The van der Waals surface area contributed by atoms with Gasteiger partial charge in [-0.25, -0.2) is 0 Å². The van der Waals surface area contributed by atoms with E-state index in [9.17, 15) is 0 Å². The van der Waals surface area contributed by atoms with E-state index >= 15 is 0 Å². The van der Waals surface area contributed by atoms with Gasteiger partial charge in [-0.3, -0.25) is 0 Å². The van der Waals surface area contributed by atoms with Crippen molar-refractivity contribution in [3.8, 4) is 55.6 Å². The highest BCUT2D eigenvalue weighted by Gasteiger charge is 2.24. The first kappa shape index (κ1) is 36.5. The molecule has 0 saturated heterocycles. The van der Waals surface area contributed by atoms with Gasteiger partial charge in [-0.05, 0) is 105 Å². The number of rotatable bonds is 8. The molecule has 0 aliphatic carbocycles. The molecule has 0 aliphatic rings. The van der Waals surface area contributed by atoms with E-state index in [-0.39, 0.29) is 0 Å². The molecule has 0 saturated carbocycles. The van der Waals surface area contributed by atoms with Crippen molar-refractivity contribution in [3.63, 3.8) is 0 Å². The van der Waals surface area contributed by atoms with Gasteiger partial charge in [0.2, 0.25) is 0 Å². The van der Waals surface area contributed by atoms with E-state index in [0.717, 1.165) is 94.3 Å². The van der Waals surface area contributed by atoms with Crippen molar-refractivity contribution in [2.45, 2.75) is 0 Å². The average Bonchev–Trinajstić information content (AvgIpc) is 3.94. The first-order chi connectivity index (χ1) is 31.2. The van der Waals surface area contributed by atoms with Crippen LogP contribution in [0.1, 0.15) is 0 Å². The standard InChI is InChI=1S/C60H39NO2/c1-3-16-40(17-4-1)43-32-36-48(47-21-8-7-20-46(47)42-18-5-2-6-19-42)54(38-43)49-22-9-12-26-55(49)61(56-27-15-25-53-51-24-11-14-29-58(51)63-60(53)56)45-34-30-41(31-35-45)44-33-37-52-50-23-10-13-28-57(50)62-59(52)39-44/h1-39H. The molecular formula is C60H39NO2. The zero-order valence-electron chi connectivity index (χ0n) is 34.3. The molecule has 0 radical (unpaired) electrons. The van der Waals surface area contributed by atoms with Gasteiger partial charge < -0.3 is 13.7 Å². The molecule has 12 rings (SSSR count). The predicted molar refractivity (Wildman–Crippen MR) is 263 cm³/mol. The van der Waals surface area contributed by atoms with Crippen LogP contribution in [0.4, 0.5) is 17.1 Å². The minimum absolute atomic E-state index is 0.834. The van der Waals surface area contributed by atoms with E-state index in [2.05, 4.69) is 223 Å². The molecule has 63 heavy (non-hydrogen) atoms. The van der Waals surface area contributed by atoms with Crippen LogP contribution in [0.3, 0.4) is 0 Å². The van der Waals surface area contributed by atoms with Crippen LogP contribution in [0.25, 0.3) is 99.5 Å². The van der Waals surface area contributed by atoms with Crippen LogP contribution in [-0.4, -0.2) is 0 Å². The summed E-state index contributed by atoms with van der Waals surface area (Å²) in [6.07, 6.45) is 0. The Morgan fingerprint density at radius 1 is 0.254 bits per heavy atom. The largest absolute Gasteiger partial charge is 0.456 e. The van der Waals surface area contributed by atoms with Gasteiger partial charge in [-0.2, -0.15) is 0 Å². The third-order valence-electron chi connectivity index (χ3n) is 12.3. The summed E-state index contributed by atoms with van der Waals surface area (Å²) in [5, 5.41) is 4.42. The van der Waals surface area contributed by atoms with E-state index in [1.807, 2.05) is 18.2 Å². The lowest BCUT2D eigenvalue weighted by molar-refractivity contribution is 0.668. The molecule has 10 aromatic carbocycles. The second-order valence-corrected chi connectivity index (χ2v) is 16.0. The zero-order valence-corrected chi connectivity index (χ0v) is 34.3. The lowest BCUT2D eigenvalue weighted by Crippen LogP contribution is -2.11. The smallest absolute Gasteiger partial charge is 0.159 e. The molecule has 2 heterocycles. The second kappa shape index (κ2) is 15.3. The highest BCUT2D eigenvalue weighted by molar-refractivity contribution is 6.11. The van der Waals surface area contributed by atoms with Crippen LogP contribution < -0.4 is 4.90 Å². The van der Waals surface area contributed by atoms with Crippen LogP contribution in [0.5, 0.6) is 0 Å². The van der Waals surface area contributed by atoms with Crippen molar-refractivity contribution in [1.82, 2.24) is 0 Å². The summed E-state index contributed by atoms with van der Waals surface area (Å²) in [6.45, 7) is 0. The Hall–Kier alpha value is -8.40. The summed E-state index contributed by atoms with van der Waals surface area (Å²) in [4.78, 5) is 2.37. The van der Waals surface area contributed by atoms with Crippen molar-refractivity contribution >= 4 is 60.9 Å². The van der Waals surface area contributed by atoms with Crippen LogP contribution in [-0.2, 0) is 0 Å². The van der Waals surface area contributed by atoms with Gasteiger partial charge in [0.05, 0.1) is 11.4 Å². The van der Waals surface area contributed by atoms with Gasteiger partial charge >= 0.3 is 0 Å². The third-order valence-corrected chi connectivity index (χ3v) is 12.3. The number of nitrogens with zero attached hydrogens (tertiary/aromatic N) is 1. The fourth-order valence-corrected chi connectivity index (χ4v) is 9.32. The van der Waals surface area contributed by atoms with Gasteiger partial charge in [-0.15, -0.1) is 0 Å². The molecule has 0 unspecified atom stereocenters. The predicted octanol–water partition coefficient (Wildman–Crippen LogP) is 17.3. The first-order valence-corrected chi connectivity index (χ1v) is 21.4. The van der Waals surface area contributed by atoms with Crippen molar-refractivity contribution in [1.29, 1.82) is 0 Å². The number of hydrogen-bond donors (Lipinski definition) is 0. The molecular weight excluding hydrogens is 767 g/mol. The van der Waals surface area contributed by atoms with E-state index in [0.29, 0.717) is 0 Å². The summed E-state index contributed by atoms with van der Waals surface area (Å²) >= 11 is 0. The maximum Gasteiger partial charge on any atom is 0.159 e. The van der Waals surface area contributed by atoms with Gasteiger partial charge in [-0.1, -0.05) is 182 Å². The highest BCUT2D eigenvalue weighted by Crippen LogP contribution is 2.49. The normalized spacial score (nSPS) is 11.5. The Labute approximate surface area is 365 Å². The van der Waals surface area contributed by atoms with Crippen LogP contribution in [0, 0.1) is 0 Å². The number of para-hydroxylation sites is 4. The van der Waals surface area contributed by atoms with Crippen molar-refractivity contribution in [2.24, 2.45) is 0 Å². The topological polar surface area (TPSA) is 29.5 Å². The number of benzene rings is 10. The number of anilines is 3. The quantitative estimate of drug-likeness (QED) is 0.153. The SMILES string of the molecule is c1ccc(-c2ccc(-c3ccccc3-c3ccccc3)c(-c3ccccc3N(c3ccc(-c4ccc5c(c4)oc4ccccc45)cc3)c3cccc4c3oc3ccccc34)c2)cc1. The molecule has 0 spiro atoms. The van der Waals surface area contributed by atoms with Crippen LogP contribution >= 0.6 is 0 Å². The zero-order chi connectivity index (χ0) is 41.7. The lowest BCUT2D eigenvalue weighted by Gasteiger charge is -2.29.